The second-order valence-corrected chi connectivity index (χ2v) is 4.03. The largest absolute Gasteiger partial charge is 0.490 e. The van der Waals surface area contributed by atoms with E-state index in [4.69, 9.17) is 21.1 Å². The van der Waals surface area contributed by atoms with Crippen molar-refractivity contribution in [1.82, 2.24) is 4.98 Å². The highest BCUT2D eigenvalue weighted by Crippen LogP contribution is 2.08. The van der Waals surface area contributed by atoms with Crippen molar-refractivity contribution in [3.63, 3.8) is 0 Å². The van der Waals surface area contributed by atoms with Crippen LogP contribution >= 0.6 is 11.6 Å². The molecule has 0 aliphatic rings. The molecule has 2 rings (SSSR count). The molecule has 0 aliphatic heterocycles. The number of hydrogen-bond donors (Lipinski definition) is 0. The molecule has 0 spiro atoms. The Balaban J connectivity index is 1.75. The van der Waals surface area contributed by atoms with Crippen molar-refractivity contribution in [3.8, 4) is 5.75 Å². The number of hydrogen-bond acceptors (Lipinski definition) is 4. The number of aromatic nitrogens is 1. The molecule has 0 radical (unpaired) electrons. The Morgan fingerprint density at radius 2 is 1.84 bits per heavy atom. The van der Waals surface area contributed by atoms with E-state index in [1.807, 2.05) is 30.3 Å². The van der Waals surface area contributed by atoms with Crippen LogP contribution in [-0.4, -0.2) is 24.2 Å². The first-order valence-corrected chi connectivity index (χ1v) is 6.11. The summed E-state index contributed by atoms with van der Waals surface area (Å²) in [5.74, 6) is 0.221. The first-order valence-electron chi connectivity index (χ1n) is 5.73. The van der Waals surface area contributed by atoms with Gasteiger partial charge >= 0.3 is 5.97 Å². The first-order chi connectivity index (χ1) is 9.25. The summed E-state index contributed by atoms with van der Waals surface area (Å²) in [5.41, 5.74) is 0.187. The van der Waals surface area contributed by atoms with Crippen molar-refractivity contribution in [2.75, 3.05) is 13.2 Å². The monoisotopic (exact) mass is 277 g/mol. The summed E-state index contributed by atoms with van der Waals surface area (Å²) in [4.78, 5) is 15.5. The van der Waals surface area contributed by atoms with Crippen molar-refractivity contribution in [3.05, 3.63) is 59.4 Å². The Morgan fingerprint density at radius 3 is 2.58 bits per heavy atom. The van der Waals surface area contributed by atoms with Gasteiger partial charge in [0.25, 0.3) is 0 Å². The second kappa shape index (κ2) is 6.75. The SMILES string of the molecule is O=C(OCCOc1ccccc1)c1cccc(Cl)n1. The van der Waals surface area contributed by atoms with Gasteiger partial charge in [0.15, 0.2) is 0 Å². The lowest BCUT2D eigenvalue weighted by Crippen LogP contribution is -2.13. The molecule has 5 heteroatoms. The Bertz CT molecular complexity index is 545. The van der Waals surface area contributed by atoms with Gasteiger partial charge in [-0.25, -0.2) is 9.78 Å². The Morgan fingerprint density at radius 1 is 1.05 bits per heavy atom. The molecule has 1 aromatic heterocycles. The lowest BCUT2D eigenvalue weighted by atomic mass is 10.3. The van der Waals surface area contributed by atoms with Crippen LogP contribution in [0.2, 0.25) is 5.15 Å². The summed E-state index contributed by atoms with van der Waals surface area (Å²) in [6, 6.07) is 14.1. The number of para-hydroxylation sites is 1. The number of rotatable bonds is 5. The minimum atomic E-state index is -0.515. The average Bonchev–Trinajstić information content (AvgIpc) is 2.44. The van der Waals surface area contributed by atoms with E-state index in [0.29, 0.717) is 0 Å². The number of nitrogens with zero attached hydrogens (tertiary/aromatic N) is 1. The number of ether oxygens (including phenoxy) is 2. The molecular formula is C14H12ClNO3. The van der Waals surface area contributed by atoms with E-state index in [9.17, 15) is 4.79 Å². The highest BCUT2D eigenvalue weighted by atomic mass is 35.5. The quantitative estimate of drug-likeness (QED) is 0.479. The van der Waals surface area contributed by atoms with Gasteiger partial charge in [-0.1, -0.05) is 35.9 Å². The normalized spacial score (nSPS) is 9.95. The number of carbonyl (C=O) groups is 1. The van der Waals surface area contributed by atoms with E-state index in [1.54, 1.807) is 18.2 Å². The molecule has 0 unspecified atom stereocenters. The zero-order chi connectivity index (χ0) is 13.5. The summed E-state index contributed by atoms with van der Waals surface area (Å²) >= 11 is 5.69. The highest BCUT2D eigenvalue weighted by Gasteiger charge is 2.08. The van der Waals surface area contributed by atoms with Crippen LogP contribution < -0.4 is 4.74 Å². The molecule has 4 nitrogen and oxygen atoms in total. The molecule has 0 N–H and O–H groups in total. The van der Waals surface area contributed by atoms with E-state index < -0.39 is 5.97 Å². The molecule has 2 aromatic rings. The number of benzene rings is 1. The molecule has 1 aromatic carbocycles. The topological polar surface area (TPSA) is 48.4 Å². The number of pyridine rings is 1. The Hall–Kier alpha value is -2.07. The molecule has 0 atom stereocenters. The maximum atomic E-state index is 11.6. The van der Waals surface area contributed by atoms with Crippen molar-refractivity contribution in [2.24, 2.45) is 0 Å². The molecule has 0 saturated heterocycles. The number of carbonyl (C=O) groups excluding carboxylic acids is 1. The van der Waals surface area contributed by atoms with E-state index in [-0.39, 0.29) is 24.1 Å². The Labute approximate surface area is 115 Å². The molecular weight excluding hydrogens is 266 g/mol. The maximum absolute atomic E-state index is 11.6. The van der Waals surface area contributed by atoms with Crippen LogP contribution in [0.5, 0.6) is 5.75 Å². The molecule has 0 aliphatic carbocycles. The third-order valence-electron chi connectivity index (χ3n) is 2.25. The van der Waals surface area contributed by atoms with Gasteiger partial charge < -0.3 is 9.47 Å². The van der Waals surface area contributed by atoms with E-state index in [0.717, 1.165) is 5.75 Å². The van der Waals surface area contributed by atoms with Gasteiger partial charge in [-0.2, -0.15) is 0 Å². The van der Waals surface area contributed by atoms with Gasteiger partial charge in [-0.3, -0.25) is 0 Å². The second-order valence-electron chi connectivity index (χ2n) is 3.64. The average molecular weight is 278 g/mol. The van der Waals surface area contributed by atoms with Crippen LogP contribution in [0, 0.1) is 0 Å². The number of halogens is 1. The zero-order valence-electron chi connectivity index (χ0n) is 10.1. The van der Waals surface area contributed by atoms with Crippen molar-refractivity contribution in [2.45, 2.75) is 0 Å². The highest BCUT2D eigenvalue weighted by molar-refractivity contribution is 6.29. The fourth-order valence-corrected chi connectivity index (χ4v) is 1.57. The van der Waals surface area contributed by atoms with Gasteiger partial charge in [0.2, 0.25) is 0 Å². The van der Waals surface area contributed by atoms with Crippen LogP contribution in [0.15, 0.2) is 48.5 Å². The van der Waals surface area contributed by atoms with Gasteiger partial charge in [-0.15, -0.1) is 0 Å². The predicted molar refractivity (Wildman–Crippen MR) is 71.5 cm³/mol. The van der Waals surface area contributed by atoms with E-state index in [1.165, 1.54) is 0 Å². The van der Waals surface area contributed by atoms with Crippen LogP contribution in [0.1, 0.15) is 10.5 Å². The van der Waals surface area contributed by atoms with Crippen LogP contribution in [0.3, 0.4) is 0 Å². The van der Waals surface area contributed by atoms with Gasteiger partial charge in [0, 0.05) is 0 Å². The minimum Gasteiger partial charge on any atom is -0.490 e. The molecule has 0 bridgehead atoms. The summed E-state index contributed by atoms with van der Waals surface area (Å²) in [6.45, 7) is 0.443. The van der Waals surface area contributed by atoms with E-state index in [2.05, 4.69) is 4.98 Å². The maximum Gasteiger partial charge on any atom is 0.357 e. The molecule has 19 heavy (non-hydrogen) atoms. The van der Waals surface area contributed by atoms with Crippen molar-refractivity contribution < 1.29 is 14.3 Å². The summed E-state index contributed by atoms with van der Waals surface area (Å²) in [5, 5.41) is 0.259. The summed E-state index contributed by atoms with van der Waals surface area (Å²) in [7, 11) is 0. The molecule has 0 fully saturated rings. The lowest BCUT2D eigenvalue weighted by Gasteiger charge is -2.06. The lowest BCUT2D eigenvalue weighted by molar-refractivity contribution is 0.0443. The van der Waals surface area contributed by atoms with Gasteiger partial charge in [0.05, 0.1) is 0 Å². The molecule has 0 saturated carbocycles. The summed E-state index contributed by atoms with van der Waals surface area (Å²) < 4.78 is 10.4. The van der Waals surface area contributed by atoms with Crippen LogP contribution in [0.4, 0.5) is 0 Å². The standard InChI is InChI=1S/C14H12ClNO3/c15-13-8-4-7-12(16-13)14(17)19-10-9-18-11-5-2-1-3-6-11/h1-8H,9-10H2. The zero-order valence-corrected chi connectivity index (χ0v) is 10.8. The van der Waals surface area contributed by atoms with E-state index >= 15 is 0 Å². The third-order valence-corrected chi connectivity index (χ3v) is 2.46. The minimum absolute atomic E-state index is 0.155. The third kappa shape index (κ3) is 4.26. The summed E-state index contributed by atoms with van der Waals surface area (Å²) in [6.07, 6.45) is 0. The first kappa shape index (κ1) is 13.4. The predicted octanol–water partition coefficient (Wildman–Crippen LogP) is 2.97. The smallest absolute Gasteiger partial charge is 0.357 e. The van der Waals surface area contributed by atoms with Crippen LogP contribution in [0.25, 0.3) is 0 Å². The van der Waals surface area contributed by atoms with Crippen molar-refractivity contribution in [1.29, 1.82) is 0 Å². The van der Waals surface area contributed by atoms with Gasteiger partial charge in [-0.05, 0) is 24.3 Å². The number of esters is 1. The molecule has 98 valence electrons. The fourth-order valence-electron chi connectivity index (χ4n) is 1.41. The van der Waals surface area contributed by atoms with Crippen LogP contribution in [-0.2, 0) is 4.74 Å². The Kier molecular flexibility index (Phi) is 4.75. The van der Waals surface area contributed by atoms with Crippen molar-refractivity contribution >= 4 is 17.6 Å². The fraction of sp³-hybridized carbons (Fsp3) is 0.143. The molecule has 1 heterocycles. The molecule has 0 amide bonds. The van der Waals surface area contributed by atoms with Gasteiger partial charge in [0.1, 0.15) is 29.8 Å².